The van der Waals surface area contributed by atoms with Gasteiger partial charge in [0, 0.05) is 41.8 Å². The average Bonchev–Trinajstić information content (AvgIpc) is 3.10. The molecule has 0 spiro atoms. The first-order valence-corrected chi connectivity index (χ1v) is 9.61. The van der Waals surface area contributed by atoms with Crippen molar-refractivity contribution in [3.05, 3.63) is 66.2 Å². The van der Waals surface area contributed by atoms with Crippen LogP contribution in [0.4, 0.5) is 11.4 Å². The molecule has 0 saturated heterocycles. The highest BCUT2D eigenvalue weighted by Gasteiger charge is 2.11. The van der Waals surface area contributed by atoms with Gasteiger partial charge < -0.3 is 14.1 Å². The van der Waals surface area contributed by atoms with Crippen molar-refractivity contribution in [3.8, 4) is 5.75 Å². The van der Waals surface area contributed by atoms with Crippen LogP contribution in [-0.2, 0) is 0 Å². The predicted octanol–water partition coefficient (Wildman–Crippen LogP) is 6.19. The molecule has 4 rings (SSSR count). The Morgan fingerprint density at radius 1 is 0.929 bits per heavy atom. The number of para-hydroxylation sites is 1. The summed E-state index contributed by atoms with van der Waals surface area (Å²) in [4.78, 5) is 6.98. The van der Waals surface area contributed by atoms with Crippen molar-refractivity contribution in [2.75, 3.05) is 25.1 Å². The van der Waals surface area contributed by atoms with E-state index in [1.54, 1.807) is 7.11 Å². The lowest BCUT2D eigenvalue weighted by Crippen LogP contribution is -2.21. The van der Waals surface area contributed by atoms with Crippen LogP contribution in [0.25, 0.3) is 21.9 Å². The molecule has 28 heavy (non-hydrogen) atoms. The zero-order valence-electron chi connectivity index (χ0n) is 16.5. The second-order valence-corrected chi connectivity index (χ2v) is 6.64. The maximum atomic E-state index is 5.98. The van der Waals surface area contributed by atoms with Crippen molar-refractivity contribution >= 4 is 39.5 Å². The molecule has 4 heteroatoms. The van der Waals surface area contributed by atoms with Crippen molar-refractivity contribution in [3.63, 3.8) is 0 Å². The zero-order valence-corrected chi connectivity index (χ0v) is 16.5. The summed E-state index contributed by atoms with van der Waals surface area (Å²) in [6.07, 6.45) is 1.86. The summed E-state index contributed by atoms with van der Waals surface area (Å²) < 4.78 is 11.6. The summed E-state index contributed by atoms with van der Waals surface area (Å²) in [5, 5.41) is 2.12. The van der Waals surface area contributed by atoms with Gasteiger partial charge in [0.05, 0.1) is 7.11 Å². The Labute approximate surface area is 165 Å². The van der Waals surface area contributed by atoms with Crippen molar-refractivity contribution in [2.45, 2.75) is 13.8 Å². The van der Waals surface area contributed by atoms with E-state index in [1.165, 1.54) is 5.69 Å². The molecule has 0 unspecified atom stereocenters. The summed E-state index contributed by atoms with van der Waals surface area (Å²) >= 11 is 0. The Morgan fingerprint density at radius 2 is 1.68 bits per heavy atom. The summed E-state index contributed by atoms with van der Waals surface area (Å²) in [6.45, 7) is 6.33. The fraction of sp³-hybridized carbons (Fsp3) is 0.208. The normalized spacial score (nSPS) is 11.5. The van der Waals surface area contributed by atoms with Crippen LogP contribution in [0.15, 0.2) is 70.1 Å². The third kappa shape index (κ3) is 3.33. The number of anilines is 1. The number of hydrogen-bond acceptors (Lipinski definition) is 4. The predicted molar refractivity (Wildman–Crippen MR) is 118 cm³/mol. The smallest absolute Gasteiger partial charge is 0.145 e. The fourth-order valence-corrected chi connectivity index (χ4v) is 3.51. The maximum Gasteiger partial charge on any atom is 0.145 e. The number of methoxy groups -OCH3 is 1. The summed E-state index contributed by atoms with van der Waals surface area (Å²) in [5.74, 6) is 0.732. The number of benzene rings is 3. The molecule has 0 aliphatic carbocycles. The van der Waals surface area contributed by atoms with Crippen LogP contribution >= 0.6 is 0 Å². The fourth-order valence-electron chi connectivity index (χ4n) is 3.51. The number of aliphatic imine (C=N–C) groups is 1. The lowest BCUT2D eigenvalue weighted by atomic mass is 10.1. The molecule has 0 fully saturated rings. The number of nitrogens with zero attached hydrogens (tertiary/aromatic N) is 2. The highest BCUT2D eigenvalue weighted by molar-refractivity contribution is 6.06. The van der Waals surface area contributed by atoms with E-state index >= 15 is 0 Å². The molecule has 4 nitrogen and oxygen atoms in total. The largest absolute Gasteiger partial charge is 0.494 e. The van der Waals surface area contributed by atoms with E-state index in [0.717, 1.165) is 52.0 Å². The zero-order chi connectivity index (χ0) is 19.5. The molecule has 0 aliphatic heterocycles. The van der Waals surface area contributed by atoms with Crippen LogP contribution in [-0.4, -0.2) is 26.4 Å². The number of hydrogen-bond donors (Lipinski definition) is 0. The number of rotatable bonds is 6. The topological polar surface area (TPSA) is 38.0 Å². The molecular weight excluding hydrogens is 348 g/mol. The molecule has 0 aliphatic rings. The van der Waals surface area contributed by atoms with Crippen molar-refractivity contribution in [2.24, 2.45) is 4.99 Å². The molecule has 4 aromatic rings. The molecule has 1 heterocycles. The lowest BCUT2D eigenvalue weighted by molar-refractivity contribution is 0.416. The first-order valence-electron chi connectivity index (χ1n) is 9.61. The van der Waals surface area contributed by atoms with Gasteiger partial charge in [-0.1, -0.05) is 30.3 Å². The second-order valence-electron chi connectivity index (χ2n) is 6.64. The van der Waals surface area contributed by atoms with Crippen molar-refractivity contribution in [1.82, 2.24) is 0 Å². The van der Waals surface area contributed by atoms with E-state index in [1.807, 2.05) is 36.5 Å². The van der Waals surface area contributed by atoms with Gasteiger partial charge in [-0.25, -0.2) is 0 Å². The molecular formula is C24H24N2O2. The number of furan rings is 1. The van der Waals surface area contributed by atoms with Gasteiger partial charge in [-0.2, -0.15) is 0 Å². The summed E-state index contributed by atoms with van der Waals surface area (Å²) in [5.41, 5.74) is 4.70. The maximum absolute atomic E-state index is 5.98. The highest BCUT2D eigenvalue weighted by atomic mass is 16.5. The van der Waals surface area contributed by atoms with Gasteiger partial charge in [0.1, 0.15) is 22.6 Å². The van der Waals surface area contributed by atoms with Crippen LogP contribution < -0.4 is 9.64 Å². The van der Waals surface area contributed by atoms with Gasteiger partial charge in [0.25, 0.3) is 0 Å². The first-order chi connectivity index (χ1) is 13.7. The molecule has 0 atom stereocenters. The number of fused-ring (bicyclic) bond motifs is 3. The molecule has 0 bridgehead atoms. The SMILES string of the molecule is CCN(CC)c1ccc(C=Nc2cc3oc4ccccc4c3cc2OC)cc1. The molecule has 3 aromatic carbocycles. The van der Waals surface area contributed by atoms with E-state index in [-0.39, 0.29) is 0 Å². The standard InChI is InChI=1S/C24H24N2O2/c1-4-26(5-2)18-12-10-17(11-13-18)16-25-21-15-23-20(14-24(21)27-3)19-8-6-7-9-22(19)28-23/h6-16H,4-5H2,1-3H3. The Morgan fingerprint density at radius 3 is 2.39 bits per heavy atom. The van der Waals surface area contributed by atoms with Gasteiger partial charge in [0.15, 0.2) is 0 Å². The van der Waals surface area contributed by atoms with E-state index in [0.29, 0.717) is 0 Å². The minimum atomic E-state index is 0.732. The van der Waals surface area contributed by atoms with Crippen molar-refractivity contribution < 1.29 is 9.15 Å². The van der Waals surface area contributed by atoms with Gasteiger partial charge in [-0.15, -0.1) is 0 Å². The molecule has 0 radical (unpaired) electrons. The van der Waals surface area contributed by atoms with E-state index < -0.39 is 0 Å². The molecule has 0 saturated carbocycles. The summed E-state index contributed by atoms with van der Waals surface area (Å²) in [7, 11) is 1.67. The average molecular weight is 372 g/mol. The lowest BCUT2D eigenvalue weighted by Gasteiger charge is -2.20. The number of ether oxygens (including phenoxy) is 1. The van der Waals surface area contributed by atoms with E-state index in [4.69, 9.17) is 9.15 Å². The minimum absolute atomic E-state index is 0.732. The molecule has 1 aromatic heterocycles. The molecule has 0 amide bonds. The van der Waals surface area contributed by atoms with Gasteiger partial charge in [-0.3, -0.25) is 4.99 Å². The first kappa shape index (κ1) is 18.1. The minimum Gasteiger partial charge on any atom is -0.494 e. The van der Waals surface area contributed by atoms with E-state index in [2.05, 4.69) is 54.1 Å². The van der Waals surface area contributed by atoms with Crippen LogP contribution in [0.3, 0.4) is 0 Å². The quantitative estimate of drug-likeness (QED) is 0.379. The summed E-state index contributed by atoms with van der Waals surface area (Å²) in [6, 6.07) is 20.4. The van der Waals surface area contributed by atoms with Gasteiger partial charge >= 0.3 is 0 Å². The van der Waals surface area contributed by atoms with Crippen LogP contribution in [0, 0.1) is 0 Å². The van der Waals surface area contributed by atoms with Crippen LogP contribution in [0.2, 0.25) is 0 Å². The Kier molecular flexibility index (Phi) is 5.02. The Bertz CT molecular complexity index is 1120. The second kappa shape index (κ2) is 7.77. The highest BCUT2D eigenvalue weighted by Crippen LogP contribution is 2.37. The van der Waals surface area contributed by atoms with Gasteiger partial charge in [-0.05, 0) is 43.7 Å². The third-order valence-electron chi connectivity index (χ3n) is 5.05. The van der Waals surface area contributed by atoms with E-state index in [9.17, 15) is 0 Å². The Balaban J connectivity index is 1.67. The van der Waals surface area contributed by atoms with Crippen LogP contribution in [0.5, 0.6) is 5.75 Å². The van der Waals surface area contributed by atoms with Gasteiger partial charge in [0.2, 0.25) is 0 Å². The van der Waals surface area contributed by atoms with Crippen LogP contribution in [0.1, 0.15) is 19.4 Å². The third-order valence-corrected chi connectivity index (χ3v) is 5.05. The van der Waals surface area contributed by atoms with Crippen molar-refractivity contribution in [1.29, 1.82) is 0 Å². The Hall–Kier alpha value is -3.27. The molecule has 0 N–H and O–H groups in total. The molecule has 142 valence electrons. The monoisotopic (exact) mass is 372 g/mol.